The molecule has 52 heavy (non-hydrogen) atoms. The van der Waals surface area contributed by atoms with E-state index in [0.717, 1.165) is 40.6 Å². The molecule has 0 radical (unpaired) electrons. The number of hydrogen-bond acceptors (Lipinski definition) is 11. The molecule has 11 nitrogen and oxygen atoms in total. The number of nitrogens with zero attached hydrogens (tertiary/aromatic N) is 7. The van der Waals surface area contributed by atoms with Gasteiger partial charge in [-0.3, -0.25) is 9.97 Å². The first-order chi connectivity index (χ1) is 25.2. The number of halogens is 4. The zero-order valence-electron chi connectivity index (χ0n) is 27.7. The predicted molar refractivity (Wildman–Crippen MR) is 189 cm³/mol. The lowest BCUT2D eigenvalue weighted by Gasteiger charge is -2.24. The molecule has 0 aliphatic heterocycles. The Labute approximate surface area is 296 Å². The smallest absolute Gasteiger partial charge is 0.428 e. The molecule has 0 bridgehead atoms. The van der Waals surface area contributed by atoms with Gasteiger partial charge in [-0.2, -0.15) is 17.6 Å². The van der Waals surface area contributed by atoms with Gasteiger partial charge in [0, 0.05) is 40.8 Å². The number of rotatable bonds is 14. The standard InChI is InChI=1S/C37H32F4N10O/c1-23-16-28(48-30-18-43-35(44-19-30)49-26-6-4-25(5-7-26)24-2-3-24)17-29(47-23)22-51(31-12-14-42-15-13-31)32-20-45-36(46-21-32)50-27-8-10-33(11-9-27)52-37(40,41)34(38)39/h4-21,24,34H,2-3,22H2,1H3,(H,47,48)(H,43,44,49)(H,45,46,50). The summed E-state index contributed by atoms with van der Waals surface area (Å²) in [5, 5.41) is 9.58. The zero-order chi connectivity index (χ0) is 36.1. The van der Waals surface area contributed by atoms with Gasteiger partial charge in [0.1, 0.15) is 5.75 Å². The Kier molecular flexibility index (Phi) is 9.73. The third-order valence-electron chi connectivity index (χ3n) is 8.03. The van der Waals surface area contributed by atoms with Crippen LogP contribution in [0, 0.1) is 6.92 Å². The van der Waals surface area contributed by atoms with Gasteiger partial charge >= 0.3 is 12.5 Å². The number of aryl methyl sites for hydroxylation is 1. The molecular weight excluding hydrogens is 676 g/mol. The molecule has 1 aliphatic rings. The second-order valence-corrected chi connectivity index (χ2v) is 12.1. The number of pyridine rings is 2. The summed E-state index contributed by atoms with van der Waals surface area (Å²) in [6.45, 7) is 2.27. The summed E-state index contributed by atoms with van der Waals surface area (Å²) in [5.74, 6) is 1.01. The van der Waals surface area contributed by atoms with Crippen LogP contribution in [0.5, 0.6) is 5.75 Å². The van der Waals surface area contributed by atoms with Gasteiger partial charge < -0.3 is 25.6 Å². The highest BCUT2D eigenvalue weighted by molar-refractivity contribution is 5.64. The Morgan fingerprint density at radius 3 is 1.92 bits per heavy atom. The Bertz CT molecular complexity index is 2080. The van der Waals surface area contributed by atoms with Crippen LogP contribution in [0.4, 0.5) is 63.6 Å². The minimum Gasteiger partial charge on any atom is -0.428 e. The number of anilines is 8. The molecule has 4 aromatic heterocycles. The van der Waals surface area contributed by atoms with Crippen molar-refractivity contribution in [1.29, 1.82) is 0 Å². The van der Waals surface area contributed by atoms with Crippen LogP contribution < -0.4 is 25.6 Å². The van der Waals surface area contributed by atoms with E-state index in [-0.39, 0.29) is 5.95 Å². The molecule has 2 aromatic carbocycles. The fourth-order valence-corrected chi connectivity index (χ4v) is 5.38. The molecule has 0 atom stereocenters. The van der Waals surface area contributed by atoms with Gasteiger partial charge in [0.05, 0.1) is 48.4 Å². The van der Waals surface area contributed by atoms with Crippen molar-refractivity contribution >= 4 is 46.0 Å². The maximum Gasteiger partial charge on any atom is 0.461 e. The van der Waals surface area contributed by atoms with Crippen molar-refractivity contribution in [2.45, 2.75) is 44.8 Å². The minimum atomic E-state index is -4.59. The average molecular weight is 709 g/mol. The van der Waals surface area contributed by atoms with Gasteiger partial charge in [0.2, 0.25) is 11.9 Å². The van der Waals surface area contributed by atoms with Crippen LogP contribution in [0.25, 0.3) is 0 Å². The van der Waals surface area contributed by atoms with E-state index >= 15 is 0 Å². The third-order valence-corrected chi connectivity index (χ3v) is 8.03. The van der Waals surface area contributed by atoms with Gasteiger partial charge in [-0.05, 0) is 91.9 Å². The molecule has 15 heteroatoms. The van der Waals surface area contributed by atoms with E-state index in [1.54, 1.807) is 37.2 Å². The van der Waals surface area contributed by atoms with E-state index in [1.807, 2.05) is 48.2 Å². The van der Waals surface area contributed by atoms with Crippen molar-refractivity contribution in [3.05, 3.63) is 127 Å². The van der Waals surface area contributed by atoms with Crippen molar-refractivity contribution in [3.63, 3.8) is 0 Å². The van der Waals surface area contributed by atoms with Crippen molar-refractivity contribution in [3.8, 4) is 5.75 Å². The average Bonchev–Trinajstić information content (AvgIpc) is 3.99. The minimum absolute atomic E-state index is 0.222. The number of aromatic nitrogens is 6. The highest BCUT2D eigenvalue weighted by Crippen LogP contribution is 2.40. The fraction of sp³-hybridized carbons (Fsp3) is 0.189. The summed E-state index contributed by atoms with van der Waals surface area (Å²) in [6.07, 6.45) is 4.02. The molecule has 1 saturated carbocycles. The molecule has 1 aliphatic carbocycles. The summed E-state index contributed by atoms with van der Waals surface area (Å²) in [6, 6.07) is 21.0. The molecule has 0 amide bonds. The van der Waals surface area contributed by atoms with Crippen LogP contribution in [-0.4, -0.2) is 42.4 Å². The summed E-state index contributed by atoms with van der Waals surface area (Å²) in [5.41, 5.74) is 7.29. The monoisotopic (exact) mass is 708 g/mol. The quantitative estimate of drug-likeness (QED) is 0.0939. The molecule has 6 aromatic rings. The molecule has 4 heterocycles. The normalized spacial score (nSPS) is 12.7. The molecular formula is C37H32F4N10O. The van der Waals surface area contributed by atoms with Crippen molar-refractivity contribution in [1.82, 2.24) is 29.9 Å². The topological polar surface area (TPSA) is 126 Å². The van der Waals surface area contributed by atoms with Gasteiger partial charge in [-0.15, -0.1) is 0 Å². The lowest BCUT2D eigenvalue weighted by atomic mass is 10.1. The van der Waals surface area contributed by atoms with Crippen LogP contribution in [0.3, 0.4) is 0 Å². The fourth-order valence-electron chi connectivity index (χ4n) is 5.38. The highest BCUT2D eigenvalue weighted by Gasteiger charge is 2.43. The molecule has 0 saturated heterocycles. The summed E-state index contributed by atoms with van der Waals surface area (Å²) in [4.78, 5) is 28.7. The predicted octanol–water partition coefficient (Wildman–Crippen LogP) is 9.05. The van der Waals surface area contributed by atoms with Crippen LogP contribution >= 0.6 is 0 Å². The maximum atomic E-state index is 13.2. The van der Waals surface area contributed by atoms with Crippen LogP contribution in [0.15, 0.2) is 110 Å². The second-order valence-electron chi connectivity index (χ2n) is 12.1. The van der Waals surface area contributed by atoms with Crippen LogP contribution in [0.2, 0.25) is 0 Å². The first-order valence-corrected chi connectivity index (χ1v) is 16.3. The lowest BCUT2D eigenvalue weighted by molar-refractivity contribution is -0.253. The van der Waals surface area contributed by atoms with E-state index in [1.165, 1.54) is 30.5 Å². The largest absolute Gasteiger partial charge is 0.461 e. The number of nitrogens with one attached hydrogen (secondary N) is 3. The van der Waals surface area contributed by atoms with E-state index in [2.05, 4.69) is 57.7 Å². The van der Waals surface area contributed by atoms with Crippen molar-refractivity contribution < 1.29 is 22.3 Å². The molecule has 0 unspecified atom stereocenters. The lowest BCUT2D eigenvalue weighted by Crippen LogP contribution is -2.33. The van der Waals surface area contributed by atoms with Gasteiger partial charge in [-0.1, -0.05) is 12.1 Å². The zero-order valence-corrected chi connectivity index (χ0v) is 27.7. The molecule has 1 fully saturated rings. The van der Waals surface area contributed by atoms with E-state index in [4.69, 9.17) is 4.98 Å². The first kappa shape index (κ1) is 34.1. The Balaban J connectivity index is 1.02. The van der Waals surface area contributed by atoms with Crippen molar-refractivity contribution in [2.75, 3.05) is 20.9 Å². The van der Waals surface area contributed by atoms with Crippen LogP contribution in [-0.2, 0) is 6.54 Å². The van der Waals surface area contributed by atoms with Gasteiger partial charge in [0.25, 0.3) is 0 Å². The SMILES string of the molecule is Cc1cc(Nc2cnc(Nc3ccc(C4CC4)cc3)nc2)cc(CN(c2ccncc2)c2cnc(Nc3ccc(OC(F)(F)C(F)F)cc3)nc2)n1. The Morgan fingerprint density at radius 2 is 1.33 bits per heavy atom. The van der Waals surface area contributed by atoms with E-state index in [9.17, 15) is 17.6 Å². The summed E-state index contributed by atoms with van der Waals surface area (Å²) < 4.78 is 55.5. The van der Waals surface area contributed by atoms with Crippen LogP contribution in [0.1, 0.15) is 35.7 Å². The number of alkyl halides is 4. The number of benzene rings is 2. The number of hydrogen-bond donors (Lipinski definition) is 3. The first-order valence-electron chi connectivity index (χ1n) is 16.3. The molecule has 0 spiro atoms. The Hall–Kier alpha value is -6.38. The molecule has 3 N–H and O–H groups in total. The maximum absolute atomic E-state index is 13.2. The summed E-state index contributed by atoms with van der Waals surface area (Å²) in [7, 11) is 0. The summed E-state index contributed by atoms with van der Waals surface area (Å²) >= 11 is 0. The Morgan fingerprint density at radius 1 is 0.731 bits per heavy atom. The molecule has 7 rings (SSSR count). The van der Waals surface area contributed by atoms with Gasteiger partial charge in [0.15, 0.2) is 0 Å². The number of ether oxygens (including phenoxy) is 1. The highest BCUT2D eigenvalue weighted by atomic mass is 19.3. The molecule has 264 valence electrons. The van der Waals surface area contributed by atoms with Crippen molar-refractivity contribution in [2.24, 2.45) is 0 Å². The van der Waals surface area contributed by atoms with E-state index < -0.39 is 18.3 Å². The van der Waals surface area contributed by atoms with Gasteiger partial charge in [-0.25, -0.2) is 19.9 Å². The third kappa shape index (κ3) is 8.67. The van der Waals surface area contributed by atoms with E-state index in [0.29, 0.717) is 35.5 Å². The second kappa shape index (κ2) is 14.8.